The lowest BCUT2D eigenvalue weighted by Gasteiger charge is -2.31. The number of benzene rings is 1. The summed E-state index contributed by atoms with van der Waals surface area (Å²) in [6, 6.07) is 9.71. The van der Waals surface area contributed by atoms with Crippen LogP contribution >= 0.6 is 22.6 Å². The third-order valence-corrected chi connectivity index (χ3v) is 6.19. The molecule has 3 nitrogen and oxygen atoms in total. The molecule has 17 heavy (non-hydrogen) atoms. The van der Waals surface area contributed by atoms with E-state index in [1.165, 1.54) is 5.41 Å². The van der Waals surface area contributed by atoms with Crippen LogP contribution in [0.1, 0.15) is 18.9 Å². The van der Waals surface area contributed by atoms with Gasteiger partial charge in [0.1, 0.15) is 3.55 Å². The first-order chi connectivity index (χ1) is 8.00. The lowest BCUT2D eigenvalue weighted by atomic mass is 10.1. The Hall–Kier alpha value is -0.400. The monoisotopic (exact) mass is 363 g/mol. The predicted molar refractivity (Wildman–Crippen MR) is 77.2 cm³/mol. The molecule has 0 spiro atoms. The van der Waals surface area contributed by atoms with Crippen LogP contribution in [0.15, 0.2) is 41.8 Å². The van der Waals surface area contributed by atoms with Gasteiger partial charge in [0.2, 0.25) is 10.0 Å². The molecule has 1 heterocycles. The zero-order valence-electron chi connectivity index (χ0n) is 9.51. The van der Waals surface area contributed by atoms with Crippen molar-refractivity contribution in [1.82, 2.24) is 4.31 Å². The number of alkyl halides is 1. The first-order valence-corrected chi connectivity index (χ1v) is 8.05. The second kappa shape index (κ2) is 4.70. The molecule has 92 valence electrons. The van der Waals surface area contributed by atoms with Crippen LogP contribution in [-0.2, 0) is 13.6 Å². The Kier molecular flexibility index (Phi) is 3.61. The van der Waals surface area contributed by atoms with Gasteiger partial charge in [0.05, 0.1) is 0 Å². The summed E-state index contributed by atoms with van der Waals surface area (Å²) < 4.78 is 24.9. The van der Waals surface area contributed by atoms with Crippen molar-refractivity contribution in [2.24, 2.45) is 0 Å². The molecule has 1 aromatic carbocycles. The summed E-state index contributed by atoms with van der Waals surface area (Å²) in [7, 11) is -3.26. The first-order valence-electron chi connectivity index (χ1n) is 5.47. The Bertz CT molecular complexity index is 527. The van der Waals surface area contributed by atoms with Crippen molar-refractivity contribution in [1.29, 1.82) is 0 Å². The molecule has 0 fully saturated rings. The maximum absolute atomic E-state index is 12.0. The van der Waals surface area contributed by atoms with Gasteiger partial charge in [0.25, 0.3) is 0 Å². The van der Waals surface area contributed by atoms with Gasteiger partial charge < -0.3 is 0 Å². The fraction of sp³-hybridized carbons (Fsp3) is 0.333. The molecule has 0 N–H and O–H groups in total. The van der Waals surface area contributed by atoms with Gasteiger partial charge in [0.15, 0.2) is 0 Å². The molecule has 1 aliphatic rings. The third kappa shape index (κ3) is 2.28. The van der Waals surface area contributed by atoms with Gasteiger partial charge in [-0.1, -0.05) is 59.8 Å². The topological polar surface area (TPSA) is 37.4 Å². The number of rotatable bonds is 3. The van der Waals surface area contributed by atoms with Crippen LogP contribution in [0.5, 0.6) is 0 Å². The maximum atomic E-state index is 12.0. The zero-order chi connectivity index (χ0) is 12.5. The minimum atomic E-state index is -3.26. The highest BCUT2D eigenvalue weighted by atomic mass is 127. The van der Waals surface area contributed by atoms with Crippen molar-refractivity contribution in [3.8, 4) is 0 Å². The van der Waals surface area contributed by atoms with E-state index in [0.717, 1.165) is 12.0 Å². The Labute approximate surface area is 116 Å². The molecule has 0 bridgehead atoms. The minimum Gasteiger partial charge on any atom is -0.207 e. The van der Waals surface area contributed by atoms with Gasteiger partial charge in [-0.2, -0.15) is 4.31 Å². The molecule has 0 saturated carbocycles. The van der Waals surface area contributed by atoms with E-state index in [0.29, 0.717) is 6.54 Å². The molecule has 0 aliphatic carbocycles. The van der Waals surface area contributed by atoms with E-state index in [4.69, 9.17) is 0 Å². The SMILES string of the molecule is CCCN1C(I)(c2ccccc2)C=CS1(=O)=O. The van der Waals surface area contributed by atoms with E-state index in [2.05, 4.69) is 22.6 Å². The fourth-order valence-electron chi connectivity index (χ4n) is 1.92. The van der Waals surface area contributed by atoms with Crippen molar-refractivity contribution in [3.63, 3.8) is 0 Å². The van der Waals surface area contributed by atoms with Gasteiger partial charge in [-0.3, -0.25) is 0 Å². The standard InChI is InChI=1S/C12H14INO2S/c1-2-9-14-12(13,8-10-17(14,15)16)11-6-4-3-5-7-11/h3-8,10H,2,9H2,1H3. The summed E-state index contributed by atoms with van der Waals surface area (Å²) in [6.45, 7) is 2.52. The lowest BCUT2D eigenvalue weighted by Crippen LogP contribution is -2.39. The molecular formula is C12H14INO2S. The van der Waals surface area contributed by atoms with Crippen LogP contribution in [0.2, 0.25) is 0 Å². The molecule has 1 atom stereocenters. The number of nitrogens with zero attached hydrogens (tertiary/aromatic N) is 1. The van der Waals surface area contributed by atoms with Crippen molar-refractivity contribution in [2.45, 2.75) is 16.9 Å². The molecule has 1 unspecified atom stereocenters. The summed E-state index contributed by atoms with van der Waals surface area (Å²) in [6.07, 6.45) is 2.56. The lowest BCUT2D eigenvalue weighted by molar-refractivity contribution is 0.367. The number of hydrogen-bond donors (Lipinski definition) is 0. The highest BCUT2D eigenvalue weighted by Gasteiger charge is 2.44. The highest BCUT2D eigenvalue weighted by Crippen LogP contribution is 2.43. The fourth-order valence-corrected chi connectivity index (χ4v) is 5.26. The van der Waals surface area contributed by atoms with Crippen molar-refractivity contribution >= 4 is 32.6 Å². The second-order valence-corrected chi connectivity index (χ2v) is 7.35. The Balaban J connectivity index is 2.48. The normalized spacial score (nSPS) is 27.4. The molecule has 2 rings (SSSR count). The van der Waals surface area contributed by atoms with Crippen molar-refractivity contribution in [2.75, 3.05) is 6.54 Å². The number of hydrogen-bond acceptors (Lipinski definition) is 2. The van der Waals surface area contributed by atoms with E-state index in [1.807, 2.05) is 37.3 Å². The van der Waals surface area contributed by atoms with Gasteiger partial charge >= 0.3 is 0 Å². The average Bonchev–Trinajstić information content (AvgIpc) is 2.56. The first kappa shape index (κ1) is 13.0. The van der Waals surface area contributed by atoms with Gasteiger partial charge in [0, 0.05) is 12.0 Å². The number of halogens is 1. The van der Waals surface area contributed by atoms with Crippen LogP contribution in [0.4, 0.5) is 0 Å². The Morgan fingerprint density at radius 2 is 1.94 bits per heavy atom. The summed E-state index contributed by atoms with van der Waals surface area (Å²) in [5.41, 5.74) is 0.992. The summed E-state index contributed by atoms with van der Waals surface area (Å²) in [5, 5.41) is 1.31. The van der Waals surface area contributed by atoms with E-state index < -0.39 is 13.6 Å². The van der Waals surface area contributed by atoms with Gasteiger partial charge in [-0.05, 0) is 18.1 Å². The zero-order valence-corrected chi connectivity index (χ0v) is 12.5. The van der Waals surface area contributed by atoms with Gasteiger partial charge in [-0.25, -0.2) is 8.42 Å². The molecule has 0 saturated heterocycles. The molecular weight excluding hydrogens is 349 g/mol. The largest absolute Gasteiger partial charge is 0.237 e. The molecule has 0 amide bonds. The molecule has 5 heteroatoms. The van der Waals surface area contributed by atoms with Crippen LogP contribution in [0.25, 0.3) is 0 Å². The summed E-state index contributed by atoms with van der Waals surface area (Å²) >= 11 is 2.20. The van der Waals surface area contributed by atoms with Crippen LogP contribution in [-0.4, -0.2) is 19.3 Å². The van der Waals surface area contributed by atoms with Crippen molar-refractivity contribution < 1.29 is 8.42 Å². The van der Waals surface area contributed by atoms with E-state index in [1.54, 1.807) is 10.4 Å². The molecule has 0 aromatic heterocycles. The Morgan fingerprint density at radius 1 is 1.29 bits per heavy atom. The smallest absolute Gasteiger partial charge is 0.207 e. The molecule has 1 aliphatic heterocycles. The third-order valence-electron chi connectivity index (χ3n) is 2.74. The minimum absolute atomic E-state index is 0.535. The van der Waals surface area contributed by atoms with Crippen LogP contribution < -0.4 is 0 Å². The Morgan fingerprint density at radius 3 is 2.53 bits per heavy atom. The molecule has 0 radical (unpaired) electrons. The van der Waals surface area contributed by atoms with Crippen LogP contribution in [0.3, 0.4) is 0 Å². The molecule has 1 aromatic rings. The van der Waals surface area contributed by atoms with E-state index in [-0.39, 0.29) is 0 Å². The van der Waals surface area contributed by atoms with E-state index >= 15 is 0 Å². The van der Waals surface area contributed by atoms with Crippen LogP contribution in [0, 0.1) is 0 Å². The quantitative estimate of drug-likeness (QED) is 0.471. The van der Waals surface area contributed by atoms with Crippen molar-refractivity contribution in [3.05, 3.63) is 47.4 Å². The number of sulfonamides is 1. The predicted octanol–water partition coefficient (Wildman–Crippen LogP) is 2.84. The second-order valence-electron chi connectivity index (χ2n) is 3.96. The summed E-state index contributed by atoms with van der Waals surface area (Å²) in [4.78, 5) is 0. The maximum Gasteiger partial charge on any atom is 0.237 e. The summed E-state index contributed by atoms with van der Waals surface area (Å²) in [5.74, 6) is 0. The van der Waals surface area contributed by atoms with Gasteiger partial charge in [-0.15, -0.1) is 0 Å². The highest BCUT2D eigenvalue weighted by molar-refractivity contribution is 14.1. The van der Waals surface area contributed by atoms with E-state index in [9.17, 15) is 8.42 Å². The average molecular weight is 363 g/mol.